The Morgan fingerprint density at radius 2 is 1.65 bits per heavy atom. The molecule has 3 rings (SSSR count). The maximum absolute atomic E-state index is 15.6. The maximum atomic E-state index is 15.6. The highest BCUT2D eigenvalue weighted by Gasteiger charge is 2.29. The fourth-order valence-electron chi connectivity index (χ4n) is 5.13. The topological polar surface area (TPSA) is 118 Å². The van der Waals surface area contributed by atoms with Crippen LogP contribution in [0.4, 0.5) is 8.78 Å². The van der Waals surface area contributed by atoms with Crippen molar-refractivity contribution in [2.24, 2.45) is 5.92 Å². The molecule has 0 radical (unpaired) electrons. The third-order valence-corrected chi connectivity index (χ3v) is 7.07. The molecule has 0 saturated heterocycles. The van der Waals surface area contributed by atoms with Crippen molar-refractivity contribution in [3.8, 4) is 11.1 Å². The zero-order valence-electron chi connectivity index (χ0n) is 25.4. The summed E-state index contributed by atoms with van der Waals surface area (Å²) in [5.41, 5.74) is 3.52. The number of halogens is 2. The highest BCUT2D eigenvalue weighted by atomic mass is 19.1. The van der Waals surface area contributed by atoms with Gasteiger partial charge in [-0.25, -0.2) is 13.8 Å². The first-order valence-electron chi connectivity index (χ1n) is 14.2. The lowest BCUT2D eigenvalue weighted by Gasteiger charge is -2.25. The molecule has 230 valence electrons. The van der Waals surface area contributed by atoms with Crippen LogP contribution in [0, 0.1) is 38.3 Å². The molecule has 0 fully saturated rings. The number of methoxy groups -OCH3 is 1. The van der Waals surface area contributed by atoms with E-state index in [0.717, 1.165) is 0 Å². The molecule has 3 aromatic rings. The van der Waals surface area contributed by atoms with Crippen LogP contribution < -0.4 is 10.6 Å². The van der Waals surface area contributed by atoms with Crippen LogP contribution in [0.3, 0.4) is 0 Å². The van der Waals surface area contributed by atoms with Gasteiger partial charge in [-0.05, 0) is 97.3 Å². The number of aliphatic carboxylic acids is 1. The number of hydrogen-bond acceptors (Lipinski definition) is 5. The first-order chi connectivity index (χ1) is 20.3. The summed E-state index contributed by atoms with van der Waals surface area (Å²) >= 11 is 0. The second kappa shape index (κ2) is 14.8. The van der Waals surface area contributed by atoms with E-state index in [2.05, 4.69) is 15.6 Å². The van der Waals surface area contributed by atoms with E-state index in [0.29, 0.717) is 41.0 Å². The fraction of sp³-hybridized carbons (Fsp3) is 0.394. The molecule has 1 unspecified atom stereocenters. The average Bonchev–Trinajstić information content (AvgIpc) is 2.92. The van der Waals surface area contributed by atoms with Crippen molar-refractivity contribution in [1.82, 2.24) is 15.6 Å². The Labute approximate surface area is 250 Å². The van der Waals surface area contributed by atoms with E-state index in [-0.39, 0.29) is 29.2 Å². The Hall–Kier alpha value is -4.18. The number of carboxylic acids is 1. The monoisotopic (exact) mass is 595 g/mol. The Balaban J connectivity index is 1.95. The van der Waals surface area contributed by atoms with Crippen LogP contribution in [0.25, 0.3) is 11.1 Å². The zero-order valence-corrected chi connectivity index (χ0v) is 25.4. The van der Waals surface area contributed by atoms with Gasteiger partial charge in [-0.3, -0.25) is 14.4 Å². The number of carboxylic acid groups (broad SMARTS) is 1. The fourth-order valence-corrected chi connectivity index (χ4v) is 5.13. The van der Waals surface area contributed by atoms with Gasteiger partial charge in [0, 0.05) is 24.8 Å². The summed E-state index contributed by atoms with van der Waals surface area (Å²) in [4.78, 5) is 42.9. The van der Waals surface area contributed by atoms with Crippen LogP contribution in [0.5, 0.6) is 0 Å². The molecule has 0 aliphatic rings. The van der Waals surface area contributed by atoms with E-state index in [1.807, 2.05) is 13.8 Å². The van der Waals surface area contributed by atoms with E-state index in [4.69, 9.17) is 4.74 Å². The van der Waals surface area contributed by atoms with Crippen molar-refractivity contribution in [1.29, 1.82) is 0 Å². The van der Waals surface area contributed by atoms with Crippen molar-refractivity contribution in [2.45, 2.75) is 66.0 Å². The molecule has 0 spiro atoms. The molecule has 0 aliphatic carbocycles. The number of carbonyl (C=O) groups excluding carboxylic acids is 2. The summed E-state index contributed by atoms with van der Waals surface area (Å²) in [6.45, 7) is 9.21. The second-order valence-corrected chi connectivity index (χ2v) is 11.2. The van der Waals surface area contributed by atoms with Crippen molar-refractivity contribution in [3.63, 3.8) is 0 Å². The molecule has 1 aromatic heterocycles. The predicted molar refractivity (Wildman–Crippen MR) is 160 cm³/mol. The number of nitrogens with one attached hydrogen (secondary N) is 2. The molecular weight excluding hydrogens is 556 g/mol. The Kier molecular flexibility index (Phi) is 11.5. The van der Waals surface area contributed by atoms with Crippen LogP contribution in [0.15, 0.2) is 42.5 Å². The molecule has 2 aromatic carbocycles. The van der Waals surface area contributed by atoms with Crippen LogP contribution >= 0.6 is 0 Å². The minimum atomic E-state index is -1.25. The number of aryl methyl sites for hydroxylation is 3. The SMILES string of the molecule is COCCc1cccc(C(=O)N[C@@H](CC(C)C)C(=O)NC(CC(=O)O)c2cc(-c3c(C)cc(F)cc3C)cc(C)c2F)n1. The smallest absolute Gasteiger partial charge is 0.305 e. The number of rotatable bonds is 13. The van der Waals surface area contributed by atoms with Crippen LogP contribution in [-0.4, -0.2) is 47.6 Å². The van der Waals surface area contributed by atoms with E-state index in [1.165, 1.54) is 24.3 Å². The van der Waals surface area contributed by atoms with Gasteiger partial charge in [-0.15, -0.1) is 0 Å². The number of hydrogen-bond donors (Lipinski definition) is 3. The van der Waals surface area contributed by atoms with Crippen molar-refractivity contribution >= 4 is 17.8 Å². The molecule has 3 N–H and O–H groups in total. The summed E-state index contributed by atoms with van der Waals surface area (Å²) in [5.74, 6) is -3.54. The summed E-state index contributed by atoms with van der Waals surface area (Å²) < 4.78 is 34.6. The highest BCUT2D eigenvalue weighted by molar-refractivity contribution is 5.96. The lowest BCUT2D eigenvalue weighted by Crippen LogP contribution is -2.48. The van der Waals surface area contributed by atoms with Crippen LogP contribution in [-0.2, 0) is 20.7 Å². The lowest BCUT2D eigenvalue weighted by atomic mass is 9.90. The molecule has 1 heterocycles. The quantitative estimate of drug-likeness (QED) is 0.236. The summed E-state index contributed by atoms with van der Waals surface area (Å²) in [7, 11) is 1.57. The van der Waals surface area contributed by atoms with Gasteiger partial charge in [0.2, 0.25) is 5.91 Å². The summed E-state index contributed by atoms with van der Waals surface area (Å²) in [6.07, 6.45) is 0.153. The normalized spacial score (nSPS) is 12.6. The largest absolute Gasteiger partial charge is 0.481 e. The first-order valence-corrected chi connectivity index (χ1v) is 14.2. The number of ether oxygens (including phenoxy) is 1. The third kappa shape index (κ3) is 8.90. The zero-order chi connectivity index (χ0) is 31.8. The molecule has 0 saturated carbocycles. The number of aromatic nitrogens is 1. The number of amides is 2. The van der Waals surface area contributed by atoms with Crippen LogP contribution in [0.2, 0.25) is 0 Å². The molecule has 8 nitrogen and oxygen atoms in total. The van der Waals surface area contributed by atoms with Gasteiger partial charge in [0.15, 0.2) is 0 Å². The number of benzene rings is 2. The summed E-state index contributed by atoms with van der Waals surface area (Å²) in [5, 5.41) is 15.1. The number of nitrogens with zero attached hydrogens (tertiary/aromatic N) is 1. The van der Waals surface area contributed by atoms with E-state index >= 15 is 4.39 Å². The van der Waals surface area contributed by atoms with E-state index in [9.17, 15) is 23.9 Å². The Bertz CT molecular complexity index is 1470. The number of carbonyl (C=O) groups is 3. The second-order valence-electron chi connectivity index (χ2n) is 11.2. The predicted octanol–water partition coefficient (Wildman–Crippen LogP) is 5.62. The van der Waals surface area contributed by atoms with Gasteiger partial charge in [0.05, 0.1) is 19.1 Å². The molecule has 43 heavy (non-hydrogen) atoms. The Morgan fingerprint density at radius 1 is 0.977 bits per heavy atom. The molecule has 0 bridgehead atoms. The van der Waals surface area contributed by atoms with Crippen LogP contribution in [0.1, 0.15) is 71.2 Å². The average molecular weight is 596 g/mol. The molecule has 10 heteroatoms. The van der Waals surface area contributed by atoms with Crippen molar-refractivity contribution < 1.29 is 33.0 Å². The van der Waals surface area contributed by atoms with Gasteiger partial charge in [-0.2, -0.15) is 0 Å². The molecule has 2 atom stereocenters. The van der Waals surface area contributed by atoms with Gasteiger partial charge >= 0.3 is 5.97 Å². The third-order valence-electron chi connectivity index (χ3n) is 7.07. The van der Waals surface area contributed by atoms with E-state index < -0.39 is 47.9 Å². The lowest BCUT2D eigenvalue weighted by molar-refractivity contribution is -0.137. The molecular formula is C33H39F2N3O5. The summed E-state index contributed by atoms with van der Waals surface area (Å²) in [6, 6.07) is 8.56. The van der Waals surface area contributed by atoms with Gasteiger partial charge in [0.1, 0.15) is 23.4 Å². The Morgan fingerprint density at radius 3 is 2.26 bits per heavy atom. The molecule has 0 aliphatic heterocycles. The standard InChI is InChI=1S/C33H39F2N3O5/c1-18(2)12-28(38-32(41)26-9-7-8-24(36-26)10-11-43-6)33(42)37-27(17-29(39)40)25-16-22(13-21(5)31(25)35)30-19(3)14-23(34)15-20(30)4/h7-9,13-16,18,27-28H,10-12,17H2,1-6H3,(H,37,42)(H,38,41)(H,39,40)/t27?,28-/m0/s1. The highest BCUT2D eigenvalue weighted by Crippen LogP contribution is 2.34. The maximum Gasteiger partial charge on any atom is 0.305 e. The minimum Gasteiger partial charge on any atom is -0.481 e. The van der Waals surface area contributed by atoms with E-state index in [1.54, 1.807) is 46.1 Å². The van der Waals surface area contributed by atoms with Crippen molar-refractivity contribution in [2.75, 3.05) is 13.7 Å². The minimum absolute atomic E-state index is 0.0123. The van der Waals surface area contributed by atoms with Crippen molar-refractivity contribution in [3.05, 3.63) is 87.7 Å². The van der Waals surface area contributed by atoms with Gasteiger partial charge in [-0.1, -0.05) is 19.9 Å². The van der Waals surface area contributed by atoms with Gasteiger partial charge < -0.3 is 20.5 Å². The molecule has 2 amide bonds. The van der Waals surface area contributed by atoms with Gasteiger partial charge in [0.25, 0.3) is 5.91 Å². The first kappa shape index (κ1) is 33.3. The number of pyridine rings is 1.